The van der Waals surface area contributed by atoms with Crippen molar-refractivity contribution < 1.29 is 18.3 Å². The quantitative estimate of drug-likeness (QED) is 0.723. The van der Waals surface area contributed by atoms with E-state index in [1.54, 1.807) is 6.92 Å². The Bertz CT molecular complexity index is 302. The Morgan fingerprint density at radius 3 is 2.14 bits per heavy atom. The fraction of sp³-hybridized carbons (Fsp3) is 0.875. The van der Waals surface area contributed by atoms with Crippen molar-refractivity contribution in [3.63, 3.8) is 0 Å². The molecule has 84 valence electrons. The predicted octanol–water partition coefficient (Wildman–Crippen LogP) is 0.425. The Labute approximate surface area is 84.6 Å². The number of hydrogen-bond donors (Lipinski definition) is 2. The van der Waals surface area contributed by atoms with Crippen molar-refractivity contribution in [2.45, 2.75) is 33.7 Å². The molecule has 0 aromatic rings. The molecule has 0 amide bonds. The number of carbonyl (C=O) groups is 1. The van der Waals surface area contributed by atoms with Crippen molar-refractivity contribution in [2.75, 3.05) is 5.75 Å². The molecule has 0 spiro atoms. The van der Waals surface area contributed by atoms with E-state index in [1.807, 2.05) is 20.8 Å². The summed E-state index contributed by atoms with van der Waals surface area (Å²) in [6.45, 7) is 7.34. The highest BCUT2D eigenvalue weighted by atomic mass is 32.2. The van der Waals surface area contributed by atoms with Gasteiger partial charge >= 0.3 is 5.97 Å². The van der Waals surface area contributed by atoms with Gasteiger partial charge in [-0.1, -0.05) is 20.8 Å². The number of carboxylic acids is 1. The molecule has 6 heteroatoms. The maximum Gasteiger partial charge on any atom is 0.320 e. The number of hydrogen-bond acceptors (Lipinski definition) is 3. The van der Waals surface area contributed by atoms with Crippen LogP contribution in [-0.4, -0.2) is 31.3 Å². The third-order valence-electron chi connectivity index (χ3n) is 1.97. The minimum atomic E-state index is -3.71. The summed E-state index contributed by atoms with van der Waals surface area (Å²) in [5.41, 5.74) is -0.231. The first-order valence-electron chi connectivity index (χ1n) is 4.26. The van der Waals surface area contributed by atoms with Gasteiger partial charge in [0, 0.05) is 6.04 Å². The number of nitrogens with one attached hydrogen (secondary N) is 1. The van der Waals surface area contributed by atoms with E-state index in [9.17, 15) is 13.2 Å². The summed E-state index contributed by atoms with van der Waals surface area (Å²) in [5, 5.41) is 8.35. The van der Waals surface area contributed by atoms with Crippen molar-refractivity contribution in [1.29, 1.82) is 0 Å². The highest BCUT2D eigenvalue weighted by Crippen LogP contribution is 2.19. The second kappa shape index (κ2) is 4.27. The normalized spacial score (nSPS) is 15.1. The van der Waals surface area contributed by atoms with Crippen molar-refractivity contribution in [3.05, 3.63) is 0 Å². The average Bonchev–Trinajstić information content (AvgIpc) is 1.79. The molecule has 0 aliphatic heterocycles. The molecule has 0 aromatic heterocycles. The zero-order valence-electron chi connectivity index (χ0n) is 8.86. The van der Waals surface area contributed by atoms with Crippen LogP contribution in [-0.2, 0) is 14.8 Å². The zero-order valence-corrected chi connectivity index (χ0v) is 9.68. The number of sulfonamides is 1. The van der Waals surface area contributed by atoms with Gasteiger partial charge in [0.05, 0.1) is 0 Å². The SMILES string of the molecule is CC(NS(=O)(=O)CC(=O)O)C(C)(C)C. The fourth-order valence-electron chi connectivity index (χ4n) is 0.650. The molecular weight excluding hydrogens is 206 g/mol. The Morgan fingerprint density at radius 1 is 1.43 bits per heavy atom. The van der Waals surface area contributed by atoms with Gasteiger partial charge in [-0.15, -0.1) is 0 Å². The lowest BCUT2D eigenvalue weighted by molar-refractivity contribution is -0.134. The van der Waals surface area contributed by atoms with Crippen molar-refractivity contribution in [2.24, 2.45) is 5.41 Å². The molecule has 0 aliphatic rings. The molecule has 1 atom stereocenters. The molecule has 0 aliphatic carbocycles. The first kappa shape index (κ1) is 13.4. The monoisotopic (exact) mass is 223 g/mol. The fourth-order valence-corrected chi connectivity index (χ4v) is 1.95. The number of aliphatic carboxylic acids is 1. The Morgan fingerprint density at radius 2 is 1.86 bits per heavy atom. The predicted molar refractivity (Wildman–Crippen MR) is 53.5 cm³/mol. The summed E-state index contributed by atoms with van der Waals surface area (Å²) < 4.78 is 24.7. The molecule has 5 nitrogen and oxygen atoms in total. The van der Waals surface area contributed by atoms with E-state index in [2.05, 4.69) is 4.72 Å². The third-order valence-corrected chi connectivity index (χ3v) is 3.31. The van der Waals surface area contributed by atoms with E-state index in [4.69, 9.17) is 5.11 Å². The van der Waals surface area contributed by atoms with Gasteiger partial charge in [0.15, 0.2) is 5.75 Å². The molecule has 1 unspecified atom stereocenters. The largest absolute Gasteiger partial charge is 0.480 e. The highest BCUT2D eigenvalue weighted by Gasteiger charge is 2.26. The van der Waals surface area contributed by atoms with E-state index in [0.29, 0.717) is 0 Å². The topological polar surface area (TPSA) is 83.5 Å². The van der Waals surface area contributed by atoms with Crippen LogP contribution in [0.5, 0.6) is 0 Å². The number of carboxylic acid groups (broad SMARTS) is 1. The molecule has 0 heterocycles. The lowest BCUT2D eigenvalue weighted by Gasteiger charge is -2.27. The Kier molecular flexibility index (Phi) is 4.08. The van der Waals surface area contributed by atoms with Gasteiger partial charge < -0.3 is 5.11 Å². The van der Waals surface area contributed by atoms with Crippen molar-refractivity contribution in [1.82, 2.24) is 4.72 Å². The molecule has 0 aromatic carbocycles. The number of rotatable bonds is 4. The van der Waals surface area contributed by atoms with Gasteiger partial charge in [0.1, 0.15) is 0 Å². The van der Waals surface area contributed by atoms with E-state index < -0.39 is 21.7 Å². The van der Waals surface area contributed by atoms with Crippen molar-refractivity contribution >= 4 is 16.0 Å². The smallest absolute Gasteiger partial charge is 0.320 e. The van der Waals surface area contributed by atoms with Crippen LogP contribution in [0, 0.1) is 5.41 Å². The van der Waals surface area contributed by atoms with Crippen LogP contribution >= 0.6 is 0 Å². The highest BCUT2D eigenvalue weighted by molar-refractivity contribution is 7.90. The van der Waals surface area contributed by atoms with E-state index >= 15 is 0 Å². The minimum Gasteiger partial charge on any atom is -0.480 e. The molecule has 0 saturated carbocycles. The summed E-state index contributed by atoms with van der Waals surface area (Å²) in [6.07, 6.45) is 0. The van der Waals surface area contributed by atoms with Gasteiger partial charge in [-0.3, -0.25) is 4.79 Å². The van der Waals surface area contributed by atoms with E-state index in [0.717, 1.165) is 0 Å². The first-order chi connectivity index (χ1) is 6.04. The van der Waals surface area contributed by atoms with E-state index in [1.165, 1.54) is 0 Å². The third kappa shape index (κ3) is 5.18. The van der Waals surface area contributed by atoms with E-state index in [-0.39, 0.29) is 11.5 Å². The molecule has 0 saturated heterocycles. The molecule has 14 heavy (non-hydrogen) atoms. The second-order valence-electron chi connectivity index (χ2n) is 4.36. The Hall–Kier alpha value is -0.620. The van der Waals surface area contributed by atoms with Crippen LogP contribution in [0.15, 0.2) is 0 Å². The first-order valence-corrected chi connectivity index (χ1v) is 5.91. The molecule has 0 fully saturated rings. The van der Waals surface area contributed by atoms with Gasteiger partial charge in [0.2, 0.25) is 10.0 Å². The molecular formula is C8H17NO4S. The van der Waals surface area contributed by atoms with Gasteiger partial charge in [-0.2, -0.15) is 0 Å². The van der Waals surface area contributed by atoms with Crippen LogP contribution in [0.2, 0.25) is 0 Å². The maximum atomic E-state index is 11.2. The summed E-state index contributed by atoms with van der Waals surface area (Å²) in [6, 6.07) is -0.299. The van der Waals surface area contributed by atoms with Crippen LogP contribution in [0.1, 0.15) is 27.7 Å². The molecule has 0 bridgehead atoms. The molecule has 0 radical (unpaired) electrons. The summed E-state index contributed by atoms with van der Waals surface area (Å²) in [5.74, 6) is -2.23. The van der Waals surface area contributed by atoms with Crippen LogP contribution in [0.25, 0.3) is 0 Å². The molecule has 2 N–H and O–H groups in total. The zero-order chi connectivity index (χ0) is 11.6. The summed E-state index contributed by atoms with van der Waals surface area (Å²) in [7, 11) is -3.71. The summed E-state index contributed by atoms with van der Waals surface area (Å²) in [4.78, 5) is 10.2. The lowest BCUT2D eigenvalue weighted by atomic mass is 9.89. The maximum absolute atomic E-state index is 11.2. The van der Waals surface area contributed by atoms with Gasteiger partial charge in [0.25, 0.3) is 0 Å². The van der Waals surface area contributed by atoms with Crippen LogP contribution in [0.3, 0.4) is 0 Å². The van der Waals surface area contributed by atoms with Gasteiger partial charge in [-0.25, -0.2) is 13.1 Å². The minimum absolute atomic E-state index is 0.231. The lowest BCUT2D eigenvalue weighted by Crippen LogP contribution is -2.43. The Balaban J connectivity index is 4.46. The average molecular weight is 223 g/mol. The standard InChI is InChI=1S/C8H17NO4S/c1-6(8(2,3)4)9-14(12,13)5-7(10)11/h6,9H,5H2,1-4H3,(H,10,11). The second-order valence-corrected chi connectivity index (χ2v) is 6.11. The van der Waals surface area contributed by atoms with Gasteiger partial charge in [-0.05, 0) is 12.3 Å². The summed E-state index contributed by atoms with van der Waals surface area (Å²) >= 11 is 0. The van der Waals surface area contributed by atoms with Crippen LogP contribution in [0.4, 0.5) is 0 Å². The van der Waals surface area contributed by atoms with Crippen LogP contribution < -0.4 is 4.72 Å². The molecule has 0 rings (SSSR count). The van der Waals surface area contributed by atoms with Crippen molar-refractivity contribution in [3.8, 4) is 0 Å².